The van der Waals surface area contributed by atoms with Gasteiger partial charge in [-0.15, -0.1) is 0 Å². The van der Waals surface area contributed by atoms with Crippen molar-refractivity contribution in [2.45, 2.75) is 18.8 Å². The first-order valence-electron chi connectivity index (χ1n) is 8.54. The average Bonchev–Trinajstić information content (AvgIpc) is 2.72. The first kappa shape index (κ1) is 17.7. The van der Waals surface area contributed by atoms with Gasteiger partial charge in [0.05, 0.1) is 5.69 Å². The molecule has 25 heavy (non-hydrogen) atoms. The fourth-order valence-electron chi connectivity index (χ4n) is 4.07. The summed E-state index contributed by atoms with van der Waals surface area (Å²) in [6, 6.07) is 6.25. The van der Waals surface area contributed by atoms with Gasteiger partial charge in [-0.3, -0.25) is 4.98 Å². The zero-order valence-corrected chi connectivity index (χ0v) is 17.9. The fraction of sp³-hybridized carbons (Fsp3) is 0.350. The Hall–Kier alpha value is -0.680. The van der Waals surface area contributed by atoms with Gasteiger partial charge in [0.1, 0.15) is 0 Å². The maximum absolute atomic E-state index is 6.33. The first-order valence-corrected chi connectivity index (χ1v) is 10.5. The predicted octanol–water partition coefficient (Wildman–Crippen LogP) is 6.22. The molecule has 1 saturated heterocycles. The Morgan fingerprint density at radius 3 is 2.56 bits per heavy atom. The predicted molar refractivity (Wildman–Crippen MR) is 112 cm³/mol. The monoisotopic (exact) mass is 480 g/mol. The van der Waals surface area contributed by atoms with Crippen molar-refractivity contribution < 1.29 is 0 Å². The molecule has 1 aliphatic heterocycles. The summed E-state index contributed by atoms with van der Waals surface area (Å²) in [5.74, 6) is 0.869. The maximum atomic E-state index is 6.33. The number of pyridine rings is 1. The second kappa shape index (κ2) is 7.15. The standard InChI is InChI=1S/C20H19Br2ClN2/c1-25-6-4-12(5-7-25)19-18-13(9-16(23)10-17(18)22)2-3-14-8-15(21)11-24-20(14)19/h2-3,8-12,19H,4-7H2,1H3. The molecule has 130 valence electrons. The average molecular weight is 483 g/mol. The zero-order valence-electron chi connectivity index (χ0n) is 14.0. The van der Waals surface area contributed by atoms with Crippen LogP contribution in [0.5, 0.6) is 0 Å². The van der Waals surface area contributed by atoms with Crippen LogP contribution >= 0.6 is 43.5 Å². The molecule has 0 N–H and O–H groups in total. The summed E-state index contributed by atoms with van der Waals surface area (Å²) >= 11 is 13.7. The molecule has 1 fully saturated rings. The number of benzene rings is 1. The van der Waals surface area contributed by atoms with Crippen LogP contribution in [0.4, 0.5) is 0 Å². The highest BCUT2D eigenvalue weighted by molar-refractivity contribution is 9.10. The molecule has 0 amide bonds. The Morgan fingerprint density at radius 2 is 1.80 bits per heavy atom. The lowest BCUT2D eigenvalue weighted by Gasteiger charge is -2.35. The van der Waals surface area contributed by atoms with E-state index in [1.165, 1.54) is 35.2 Å². The third kappa shape index (κ3) is 3.46. The van der Waals surface area contributed by atoms with Gasteiger partial charge in [0, 0.05) is 26.1 Å². The van der Waals surface area contributed by atoms with Crippen LogP contribution in [0.15, 0.2) is 33.3 Å². The van der Waals surface area contributed by atoms with Crippen molar-refractivity contribution in [1.29, 1.82) is 0 Å². The van der Waals surface area contributed by atoms with Crippen molar-refractivity contribution in [3.63, 3.8) is 0 Å². The number of piperidine rings is 1. The van der Waals surface area contributed by atoms with Crippen molar-refractivity contribution in [1.82, 2.24) is 9.88 Å². The Labute approximate surface area is 170 Å². The van der Waals surface area contributed by atoms with E-state index in [0.717, 1.165) is 27.1 Å². The van der Waals surface area contributed by atoms with Gasteiger partial charge in [-0.25, -0.2) is 0 Å². The molecule has 2 heterocycles. The van der Waals surface area contributed by atoms with E-state index in [0.29, 0.717) is 5.92 Å². The van der Waals surface area contributed by atoms with Gasteiger partial charge in [-0.05, 0) is 89.7 Å². The maximum Gasteiger partial charge on any atom is 0.0554 e. The smallest absolute Gasteiger partial charge is 0.0554 e. The van der Waals surface area contributed by atoms with Crippen LogP contribution in [-0.4, -0.2) is 30.0 Å². The molecule has 0 spiro atoms. The van der Waals surface area contributed by atoms with Gasteiger partial charge in [0.2, 0.25) is 0 Å². The topological polar surface area (TPSA) is 16.1 Å². The van der Waals surface area contributed by atoms with Crippen molar-refractivity contribution >= 4 is 55.6 Å². The highest BCUT2D eigenvalue weighted by atomic mass is 79.9. The van der Waals surface area contributed by atoms with Gasteiger partial charge in [0.15, 0.2) is 0 Å². The normalized spacial score (nSPS) is 20.9. The van der Waals surface area contributed by atoms with Crippen LogP contribution in [0.3, 0.4) is 0 Å². The summed E-state index contributed by atoms with van der Waals surface area (Å²) in [7, 11) is 2.21. The van der Waals surface area contributed by atoms with E-state index in [1.54, 1.807) is 0 Å². The summed E-state index contributed by atoms with van der Waals surface area (Å²) in [4.78, 5) is 7.27. The van der Waals surface area contributed by atoms with Gasteiger partial charge >= 0.3 is 0 Å². The highest BCUT2D eigenvalue weighted by Gasteiger charge is 2.34. The number of aromatic nitrogens is 1. The van der Waals surface area contributed by atoms with Crippen LogP contribution in [0.2, 0.25) is 5.02 Å². The Bertz CT molecular complexity index is 842. The summed E-state index contributed by atoms with van der Waals surface area (Å²) in [5.41, 5.74) is 4.88. The van der Waals surface area contributed by atoms with Crippen molar-refractivity contribution in [2.24, 2.45) is 5.92 Å². The third-order valence-electron chi connectivity index (χ3n) is 5.33. The largest absolute Gasteiger partial charge is 0.306 e. The number of hydrogen-bond donors (Lipinski definition) is 0. The van der Waals surface area contributed by atoms with Crippen molar-refractivity contribution in [3.8, 4) is 0 Å². The minimum absolute atomic E-state index is 0.286. The highest BCUT2D eigenvalue weighted by Crippen LogP contribution is 2.46. The SMILES string of the molecule is CN1CCC(C2c3ncc(Br)cc3C=Cc3cc(Cl)cc(Br)c32)CC1. The molecule has 1 aromatic carbocycles. The van der Waals surface area contributed by atoms with E-state index in [4.69, 9.17) is 16.6 Å². The van der Waals surface area contributed by atoms with E-state index in [1.807, 2.05) is 12.3 Å². The Balaban J connectivity index is 1.90. The van der Waals surface area contributed by atoms with E-state index in [2.05, 4.69) is 68.1 Å². The van der Waals surface area contributed by atoms with Crippen molar-refractivity contribution in [2.75, 3.05) is 20.1 Å². The molecule has 5 heteroatoms. The molecular weight excluding hydrogens is 463 g/mol. The van der Waals surface area contributed by atoms with Gasteiger partial charge in [0.25, 0.3) is 0 Å². The molecule has 1 aromatic heterocycles. The molecule has 4 rings (SSSR count). The second-order valence-electron chi connectivity index (χ2n) is 6.97. The summed E-state index contributed by atoms with van der Waals surface area (Å²) < 4.78 is 2.10. The van der Waals surface area contributed by atoms with Crippen LogP contribution in [-0.2, 0) is 0 Å². The molecule has 0 saturated carbocycles. The number of likely N-dealkylation sites (tertiary alicyclic amines) is 1. The van der Waals surface area contributed by atoms with E-state index in [-0.39, 0.29) is 5.92 Å². The third-order valence-corrected chi connectivity index (χ3v) is 6.63. The van der Waals surface area contributed by atoms with Crippen LogP contribution in [0.1, 0.15) is 41.1 Å². The number of fused-ring (bicyclic) bond motifs is 2. The quantitative estimate of drug-likeness (QED) is 0.480. The summed E-state index contributed by atoms with van der Waals surface area (Å²) in [6.07, 6.45) is 8.64. The van der Waals surface area contributed by atoms with Crippen molar-refractivity contribution in [3.05, 3.63) is 60.7 Å². The van der Waals surface area contributed by atoms with Gasteiger partial charge in [-0.2, -0.15) is 0 Å². The minimum Gasteiger partial charge on any atom is -0.306 e. The lowest BCUT2D eigenvalue weighted by molar-refractivity contribution is 0.206. The first-order chi connectivity index (χ1) is 12.0. The summed E-state index contributed by atoms with van der Waals surface area (Å²) in [6.45, 7) is 2.28. The summed E-state index contributed by atoms with van der Waals surface area (Å²) in [5, 5.41) is 0.762. The Morgan fingerprint density at radius 1 is 1.08 bits per heavy atom. The molecule has 0 radical (unpaired) electrons. The molecule has 1 unspecified atom stereocenters. The van der Waals surface area contributed by atoms with Gasteiger partial charge in [-0.1, -0.05) is 39.7 Å². The molecule has 0 bridgehead atoms. The van der Waals surface area contributed by atoms with Crippen LogP contribution in [0, 0.1) is 5.92 Å². The molecule has 1 atom stereocenters. The van der Waals surface area contributed by atoms with Gasteiger partial charge < -0.3 is 4.90 Å². The van der Waals surface area contributed by atoms with E-state index < -0.39 is 0 Å². The molecular formula is C20H19Br2ClN2. The number of rotatable bonds is 1. The fourth-order valence-corrected chi connectivity index (χ4v) is 5.50. The number of hydrogen-bond acceptors (Lipinski definition) is 2. The lowest BCUT2D eigenvalue weighted by atomic mass is 9.76. The Kier molecular flexibility index (Phi) is 5.07. The molecule has 1 aliphatic carbocycles. The van der Waals surface area contributed by atoms with Crippen LogP contribution in [0.25, 0.3) is 12.2 Å². The number of nitrogens with zero attached hydrogens (tertiary/aromatic N) is 2. The van der Waals surface area contributed by atoms with Crippen LogP contribution < -0.4 is 0 Å². The molecule has 2 aliphatic rings. The molecule has 2 aromatic rings. The van der Waals surface area contributed by atoms with E-state index in [9.17, 15) is 0 Å². The lowest BCUT2D eigenvalue weighted by Crippen LogP contribution is -2.33. The minimum atomic E-state index is 0.286. The number of halogens is 3. The zero-order chi connectivity index (χ0) is 17.6. The van der Waals surface area contributed by atoms with E-state index >= 15 is 0 Å². The molecule has 2 nitrogen and oxygen atoms in total. The second-order valence-corrected chi connectivity index (χ2v) is 9.18.